The Bertz CT molecular complexity index is 1100. The van der Waals surface area contributed by atoms with Crippen molar-refractivity contribution >= 4 is 50.2 Å². The highest BCUT2D eigenvalue weighted by Crippen LogP contribution is 2.29. The SMILES string of the molecule is CS(=O)(=O)N1CC(c2cc(CCc3ccc(Cl)s3)n(C(=O)c3cscn3)n2)C1. The number of rotatable bonds is 6. The summed E-state index contributed by atoms with van der Waals surface area (Å²) in [6.45, 7) is 0.779. The van der Waals surface area contributed by atoms with Crippen molar-refractivity contribution in [2.45, 2.75) is 18.8 Å². The second kappa shape index (κ2) is 7.68. The molecule has 0 atom stereocenters. The van der Waals surface area contributed by atoms with Crippen molar-refractivity contribution in [2.75, 3.05) is 19.3 Å². The van der Waals surface area contributed by atoms with Gasteiger partial charge in [0.15, 0.2) is 0 Å². The lowest BCUT2D eigenvalue weighted by atomic mass is 9.99. The average Bonchev–Trinajstić information content (AvgIpc) is 3.30. The molecule has 3 aromatic rings. The van der Waals surface area contributed by atoms with E-state index in [1.807, 2.05) is 18.2 Å². The predicted octanol–water partition coefficient (Wildman–Crippen LogP) is 2.89. The summed E-state index contributed by atoms with van der Waals surface area (Å²) in [5.74, 6) is -0.278. The molecule has 0 unspecified atom stereocenters. The Labute approximate surface area is 175 Å². The quantitative estimate of drug-likeness (QED) is 0.569. The largest absolute Gasteiger partial charge is 0.297 e. The second-order valence-corrected chi connectivity index (χ2v) is 11.1. The fraction of sp³-hybridized carbons (Fsp3) is 0.353. The molecule has 0 aliphatic carbocycles. The Morgan fingerprint density at radius 3 is 2.71 bits per heavy atom. The van der Waals surface area contributed by atoms with Crippen molar-refractivity contribution in [1.82, 2.24) is 19.1 Å². The van der Waals surface area contributed by atoms with Crippen LogP contribution in [0.2, 0.25) is 4.34 Å². The third kappa shape index (κ3) is 4.06. The summed E-state index contributed by atoms with van der Waals surface area (Å²) >= 11 is 8.87. The van der Waals surface area contributed by atoms with E-state index in [0.717, 1.165) is 27.0 Å². The lowest BCUT2D eigenvalue weighted by Crippen LogP contribution is -2.48. The first-order chi connectivity index (χ1) is 13.3. The standard InChI is InChI=1S/C17H17ClN4O3S3/c1-28(24,25)21-7-11(8-21)14-6-12(2-3-13-4-5-16(18)27-13)22(20-14)17(23)15-9-26-10-19-15/h4-6,9-11H,2-3,7-8H2,1H3. The van der Waals surface area contributed by atoms with Gasteiger partial charge >= 0.3 is 0 Å². The van der Waals surface area contributed by atoms with Gasteiger partial charge in [0, 0.05) is 35.0 Å². The van der Waals surface area contributed by atoms with E-state index in [-0.39, 0.29) is 11.8 Å². The van der Waals surface area contributed by atoms with E-state index in [9.17, 15) is 13.2 Å². The molecule has 0 N–H and O–H groups in total. The van der Waals surface area contributed by atoms with E-state index in [1.54, 1.807) is 10.9 Å². The first-order valence-electron chi connectivity index (χ1n) is 8.52. The Kier molecular flexibility index (Phi) is 5.41. The normalized spacial score (nSPS) is 15.6. The van der Waals surface area contributed by atoms with E-state index in [1.165, 1.54) is 37.9 Å². The van der Waals surface area contributed by atoms with Gasteiger partial charge in [-0.3, -0.25) is 4.79 Å². The van der Waals surface area contributed by atoms with Gasteiger partial charge in [-0.05, 0) is 31.0 Å². The van der Waals surface area contributed by atoms with Crippen molar-refractivity contribution in [3.05, 3.63) is 55.4 Å². The molecule has 0 amide bonds. The average molecular weight is 457 g/mol. The Hall–Kier alpha value is -1.59. The fourth-order valence-corrected chi connectivity index (χ4v) is 5.57. The molecule has 1 saturated heterocycles. The minimum Gasteiger partial charge on any atom is -0.265 e. The Morgan fingerprint density at radius 1 is 1.32 bits per heavy atom. The van der Waals surface area contributed by atoms with Crippen LogP contribution in [0.4, 0.5) is 0 Å². The van der Waals surface area contributed by atoms with E-state index in [4.69, 9.17) is 11.6 Å². The number of aryl methyl sites for hydroxylation is 2. The molecule has 148 valence electrons. The van der Waals surface area contributed by atoms with Gasteiger partial charge in [-0.1, -0.05) is 11.6 Å². The van der Waals surface area contributed by atoms with E-state index in [0.29, 0.717) is 25.2 Å². The summed E-state index contributed by atoms with van der Waals surface area (Å²) in [6.07, 6.45) is 2.57. The lowest BCUT2D eigenvalue weighted by molar-refractivity contribution is 0.0936. The molecule has 1 aliphatic rings. The zero-order chi connectivity index (χ0) is 19.9. The minimum absolute atomic E-state index is 0.00542. The molecular weight excluding hydrogens is 440 g/mol. The van der Waals surface area contributed by atoms with Crippen molar-refractivity contribution < 1.29 is 13.2 Å². The molecule has 4 heterocycles. The van der Waals surface area contributed by atoms with Crippen LogP contribution in [-0.4, -0.2) is 52.7 Å². The van der Waals surface area contributed by atoms with Gasteiger partial charge in [-0.25, -0.2) is 17.7 Å². The molecule has 1 aliphatic heterocycles. The van der Waals surface area contributed by atoms with Crippen LogP contribution < -0.4 is 0 Å². The molecule has 0 saturated carbocycles. The molecule has 7 nitrogen and oxygen atoms in total. The molecular formula is C17H17ClN4O3S3. The third-order valence-electron chi connectivity index (χ3n) is 4.64. The van der Waals surface area contributed by atoms with Crippen LogP contribution in [0, 0.1) is 0 Å². The fourth-order valence-electron chi connectivity index (χ4n) is 3.05. The van der Waals surface area contributed by atoms with Crippen LogP contribution in [0.1, 0.15) is 32.7 Å². The van der Waals surface area contributed by atoms with Crippen LogP contribution in [0.25, 0.3) is 0 Å². The zero-order valence-electron chi connectivity index (χ0n) is 14.9. The molecule has 0 aromatic carbocycles. The minimum atomic E-state index is -3.19. The van der Waals surface area contributed by atoms with Crippen LogP contribution in [-0.2, 0) is 22.9 Å². The number of sulfonamides is 1. The van der Waals surface area contributed by atoms with Crippen LogP contribution in [0.15, 0.2) is 29.1 Å². The number of hydrogen-bond acceptors (Lipinski definition) is 7. The highest BCUT2D eigenvalue weighted by Gasteiger charge is 2.36. The number of carbonyl (C=O) groups excluding carboxylic acids is 1. The monoisotopic (exact) mass is 456 g/mol. The maximum Gasteiger partial charge on any atom is 0.297 e. The molecule has 0 bridgehead atoms. The summed E-state index contributed by atoms with van der Waals surface area (Å²) < 4.78 is 26.8. The van der Waals surface area contributed by atoms with Gasteiger partial charge in [0.25, 0.3) is 5.91 Å². The lowest BCUT2D eigenvalue weighted by Gasteiger charge is -2.36. The number of carbonyl (C=O) groups is 1. The molecule has 1 fully saturated rings. The summed E-state index contributed by atoms with van der Waals surface area (Å²) in [6, 6.07) is 5.75. The van der Waals surface area contributed by atoms with Crippen LogP contribution in [0.5, 0.6) is 0 Å². The number of thiophene rings is 1. The Morgan fingerprint density at radius 2 is 2.11 bits per heavy atom. The number of hydrogen-bond donors (Lipinski definition) is 0. The molecule has 4 rings (SSSR count). The first kappa shape index (κ1) is 19.7. The van der Waals surface area contributed by atoms with Crippen molar-refractivity contribution in [1.29, 1.82) is 0 Å². The second-order valence-electron chi connectivity index (χ2n) is 6.63. The van der Waals surface area contributed by atoms with Crippen LogP contribution in [0.3, 0.4) is 0 Å². The Balaban J connectivity index is 1.57. The number of halogens is 1. The summed E-state index contributed by atoms with van der Waals surface area (Å²) in [5, 5.41) is 6.21. The maximum atomic E-state index is 12.8. The topological polar surface area (TPSA) is 85.2 Å². The van der Waals surface area contributed by atoms with E-state index >= 15 is 0 Å². The smallest absolute Gasteiger partial charge is 0.265 e. The number of aromatic nitrogens is 3. The molecule has 3 aromatic heterocycles. The van der Waals surface area contributed by atoms with E-state index < -0.39 is 10.0 Å². The van der Waals surface area contributed by atoms with Gasteiger partial charge < -0.3 is 0 Å². The predicted molar refractivity (Wildman–Crippen MR) is 110 cm³/mol. The van der Waals surface area contributed by atoms with Gasteiger partial charge in [0.2, 0.25) is 10.0 Å². The number of thiazole rings is 1. The highest BCUT2D eigenvalue weighted by atomic mass is 35.5. The van der Waals surface area contributed by atoms with Gasteiger partial charge in [0.1, 0.15) is 5.69 Å². The molecule has 0 spiro atoms. The van der Waals surface area contributed by atoms with Gasteiger partial charge in [-0.15, -0.1) is 22.7 Å². The highest BCUT2D eigenvalue weighted by molar-refractivity contribution is 7.88. The third-order valence-corrected chi connectivity index (χ3v) is 7.75. The zero-order valence-corrected chi connectivity index (χ0v) is 18.1. The van der Waals surface area contributed by atoms with Crippen molar-refractivity contribution in [2.24, 2.45) is 0 Å². The summed E-state index contributed by atoms with van der Waals surface area (Å²) in [4.78, 5) is 18.1. The molecule has 28 heavy (non-hydrogen) atoms. The maximum absolute atomic E-state index is 12.8. The summed E-state index contributed by atoms with van der Waals surface area (Å²) in [7, 11) is -3.19. The first-order valence-corrected chi connectivity index (χ1v) is 12.5. The summed E-state index contributed by atoms with van der Waals surface area (Å²) in [5.41, 5.74) is 3.49. The molecule has 0 radical (unpaired) electrons. The molecule has 11 heteroatoms. The van der Waals surface area contributed by atoms with Crippen molar-refractivity contribution in [3.63, 3.8) is 0 Å². The van der Waals surface area contributed by atoms with E-state index in [2.05, 4.69) is 10.1 Å². The van der Waals surface area contributed by atoms with Crippen molar-refractivity contribution in [3.8, 4) is 0 Å². The van der Waals surface area contributed by atoms with Crippen LogP contribution >= 0.6 is 34.3 Å². The van der Waals surface area contributed by atoms with Gasteiger partial charge in [0.05, 0.1) is 21.8 Å². The van der Waals surface area contributed by atoms with Gasteiger partial charge in [-0.2, -0.15) is 9.78 Å². The number of nitrogens with zero attached hydrogens (tertiary/aromatic N) is 4.